The number of halogens is 2. The van der Waals surface area contributed by atoms with Crippen LogP contribution in [0.4, 0.5) is 0 Å². The molecule has 1 N–H and O–H groups in total. The summed E-state index contributed by atoms with van der Waals surface area (Å²) in [6.07, 6.45) is 6.03. The van der Waals surface area contributed by atoms with Crippen molar-refractivity contribution in [3.05, 3.63) is 51.8 Å². The highest BCUT2D eigenvalue weighted by Gasteiger charge is 2.41. The van der Waals surface area contributed by atoms with Crippen molar-refractivity contribution in [1.82, 2.24) is 20.0 Å². The number of carbonyl (C=O) groups is 1. The smallest absolute Gasteiger partial charge is 0.228 e. The lowest BCUT2D eigenvalue weighted by molar-refractivity contribution is -0.136. The van der Waals surface area contributed by atoms with Gasteiger partial charge in [-0.3, -0.25) is 9.48 Å². The van der Waals surface area contributed by atoms with Crippen LogP contribution < -0.4 is 5.32 Å². The Morgan fingerprint density at radius 2 is 2.12 bits per heavy atom. The van der Waals surface area contributed by atoms with Crippen LogP contribution in [0.1, 0.15) is 29.9 Å². The van der Waals surface area contributed by atoms with E-state index in [0.29, 0.717) is 29.2 Å². The van der Waals surface area contributed by atoms with Crippen LogP contribution in [-0.4, -0.2) is 39.7 Å². The molecule has 0 radical (unpaired) electrons. The molecule has 1 amide bonds. The van der Waals surface area contributed by atoms with E-state index in [0.717, 1.165) is 30.5 Å². The zero-order valence-corrected chi connectivity index (χ0v) is 16.2. The summed E-state index contributed by atoms with van der Waals surface area (Å²) in [4.78, 5) is 15.4. The van der Waals surface area contributed by atoms with E-state index in [1.165, 1.54) is 0 Å². The molecule has 2 aromatic rings. The van der Waals surface area contributed by atoms with Crippen LogP contribution in [0, 0.1) is 5.92 Å². The fourth-order valence-corrected chi connectivity index (χ4v) is 4.06. The second-order valence-corrected chi connectivity index (χ2v) is 8.08. The normalized spacial score (nSPS) is 22.6. The molecule has 26 heavy (non-hydrogen) atoms. The first-order chi connectivity index (χ1) is 12.5. The maximum atomic E-state index is 13.4. The van der Waals surface area contributed by atoms with Gasteiger partial charge in [-0.15, -0.1) is 0 Å². The molecule has 1 aliphatic heterocycles. The van der Waals surface area contributed by atoms with E-state index in [-0.39, 0.29) is 17.7 Å². The van der Waals surface area contributed by atoms with Gasteiger partial charge in [0.05, 0.1) is 22.2 Å². The third kappa shape index (κ3) is 3.61. The summed E-state index contributed by atoms with van der Waals surface area (Å²) in [5.74, 6) is 0.339. The number of rotatable bonds is 5. The molecule has 0 spiro atoms. The van der Waals surface area contributed by atoms with Crippen LogP contribution in [0.2, 0.25) is 10.0 Å². The molecule has 4 rings (SSSR count). The maximum absolute atomic E-state index is 13.4. The first-order valence-corrected chi connectivity index (χ1v) is 9.72. The average Bonchev–Trinajstić information content (AvgIpc) is 3.17. The Labute approximate surface area is 163 Å². The lowest BCUT2D eigenvalue weighted by atomic mass is 9.89. The fourth-order valence-electron chi connectivity index (χ4n) is 3.74. The number of aryl methyl sites for hydroxylation is 1. The van der Waals surface area contributed by atoms with Gasteiger partial charge in [0.1, 0.15) is 0 Å². The Balaban J connectivity index is 1.54. The molecule has 138 valence electrons. The standard InChI is InChI=1S/C19H22Cl2N4O/c1-24-11-13(7-23-24)15-8-22-9-16(15)19(26)25(14-3-4-14)10-12-2-5-17(20)18(21)6-12/h2,5-7,11,14-16,22H,3-4,8-10H2,1H3/t15-,16+/m1/s1. The molecule has 5 nitrogen and oxygen atoms in total. The van der Waals surface area contributed by atoms with Crippen molar-refractivity contribution in [2.24, 2.45) is 13.0 Å². The van der Waals surface area contributed by atoms with E-state index >= 15 is 0 Å². The third-order valence-electron chi connectivity index (χ3n) is 5.29. The van der Waals surface area contributed by atoms with Crippen molar-refractivity contribution in [3.63, 3.8) is 0 Å². The minimum atomic E-state index is -0.0532. The van der Waals surface area contributed by atoms with Crippen LogP contribution in [0.5, 0.6) is 0 Å². The molecule has 1 aliphatic carbocycles. The molecule has 1 aromatic heterocycles. The van der Waals surface area contributed by atoms with Crippen molar-refractivity contribution >= 4 is 29.1 Å². The van der Waals surface area contributed by atoms with E-state index in [2.05, 4.69) is 10.4 Å². The van der Waals surface area contributed by atoms with Gasteiger partial charge in [0.25, 0.3) is 0 Å². The lowest BCUT2D eigenvalue weighted by Crippen LogP contribution is -2.39. The quantitative estimate of drug-likeness (QED) is 0.849. The summed E-state index contributed by atoms with van der Waals surface area (Å²) in [5, 5.41) is 8.72. The van der Waals surface area contributed by atoms with Gasteiger partial charge in [-0.05, 0) is 36.1 Å². The molecule has 1 saturated carbocycles. The van der Waals surface area contributed by atoms with Crippen molar-refractivity contribution in [3.8, 4) is 0 Å². The second kappa shape index (κ2) is 7.22. The van der Waals surface area contributed by atoms with E-state index in [1.54, 1.807) is 10.7 Å². The molecular formula is C19H22Cl2N4O. The fraction of sp³-hybridized carbons (Fsp3) is 0.474. The summed E-state index contributed by atoms with van der Waals surface area (Å²) in [6.45, 7) is 2.10. The Morgan fingerprint density at radius 3 is 2.77 bits per heavy atom. The van der Waals surface area contributed by atoms with Crippen molar-refractivity contribution in [1.29, 1.82) is 0 Å². The molecule has 7 heteroatoms. The van der Waals surface area contributed by atoms with Crippen molar-refractivity contribution in [2.45, 2.75) is 31.3 Å². The zero-order valence-electron chi connectivity index (χ0n) is 14.7. The average molecular weight is 393 g/mol. The number of carbonyl (C=O) groups excluding carboxylic acids is 1. The summed E-state index contributed by atoms with van der Waals surface area (Å²) in [5.41, 5.74) is 2.14. The molecule has 2 aliphatic rings. The van der Waals surface area contributed by atoms with E-state index in [1.807, 2.05) is 36.5 Å². The summed E-state index contributed by atoms with van der Waals surface area (Å²) in [7, 11) is 1.91. The number of nitrogens with zero attached hydrogens (tertiary/aromatic N) is 3. The summed E-state index contributed by atoms with van der Waals surface area (Å²) >= 11 is 12.2. The molecule has 2 atom stereocenters. The number of hydrogen-bond donors (Lipinski definition) is 1. The Hall–Kier alpha value is -1.56. The predicted molar refractivity (Wildman–Crippen MR) is 102 cm³/mol. The van der Waals surface area contributed by atoms with Crippen LogP contribution in [0.15, 0.2) is 30.6 Å². The van der Waals surface area contributed by atoms with Crippen LogP contribution in [-0.2, 0) is 18.4 Å². The van der Waals surface area contributed by atoms with Gasteiger partial charge in [0.15, 0.2) is 0 Å². The zero-order chi connectivity index (χ0) is 18.3. The second-order valence-electron chi connectivity index (χ2n) is 7.26. The van der Waals surface area contributed by atoms with Crippen LogP contribution in [0.3, 0.4) is 0 Å². The summed E-state index contributed by atoms with van der Waals surface area (Å²) < 4.78 is 1.80. The summed E-state index contributed by atoms with van der Waals surface area (Å²) in [6, 6.07) is 5.94. The monoisotopic (exact) mass is 392 g/mol. The SMILES string of the molecule is Cn1cc([C@H]2CNC[C@@H]2C(=O)N(Cc2ccc(Cl)c(Cl)c2)C2CC2)cn1. The van der Waals surface area contributed by atoms with E-state index in [9.17, 15) is 4.79 Å². The Kier molecular flexibility index (Phi) is 4.95. The maximum Gasteiger partial charge on any atom is 0.228 e. The number of amides is 1. The number of benzene rings is 1. The van der Waals surface area contributed by atoms with Gasteiger partial charge >= 0.3 is 0 Å². The molecule has 1 saturated heterocycles. The van der Waals surface area contributed by atoms with Crippen LogP contribution >= 0.6 is 23.2 Å². The minimum Gasteiger partial charge on any atom is -0.335 e. The topological polar surface area (TPSA) is 50.2 Å². The van der Waals surface area contributed by atoms with E-state index in [4.69, 9.17) is 23.2 Å². The van der Waals surface area contributed by atoms with Crippen LogP contribution in [0.25, 0.3) is 0 Å². The number of hydrogen-bond acceptors (Lipinski definition) is 3. The van der Waals surface area contributed by atoms with Crippen molar-refractivity contribution in [2.75, 3.05) is 13.1 Å². The number of aromatic nitrogens is 2. The Bertz CT molecular complexity index is 818. The minimum absolute atomic E-state index is 0.0532. The molecule has 1 aromatic carbocycles. The van der Waals surface area contributed by atoms with Crippen molar-refractivity contribution < 1.29 is 4.79 Å². The van der Waals surface area contributed by atoms with Gasteiger partial charge in [-0.25, -0.2) is 0 Å². The van der Waals surface area contributed by atoms with Gasteiger partial charge in [-0.2, -0.15) is 5.10 Å². The van der Waals surface area contributed by atoms with Gasteiger partial charge in [0, 0.05) is 44.8 Å². The highest BCUT2D eigenvalue weighted by molar-refractivity contribution is 6.42. The molecular weight excluding hydrogens is 371 g/mol. The third-order valence-corrected chi connectivity index (χ3v) is 6.03. The highest BCUT2D eigenvalue weighted by Crippen LogP contribution is 2.35. The van der Waals surface area contributed by atoms with Gasteiger partial charge in [0.2, 0.25) is 5.91 Å². The predicted octanol–water partition coefficient (Wildman–Crippen LogP) is 3.22. The Morgan fingerprint density at radius 1 is 1.31 bits per heavy atom. The molecule has 2 fully saturated rings. The largest absolute Gasteiger partial charge is 0.335 e. The molecule has 0 bridgehead atoms. The first kappa shape index (κ1) is 17.8. The molecule has 2 heterocycles. The highest BCUT2D eigenvalue weighted by atomic mass is 35.5. The van der Waals surface area contributed by atoms with Gasteiger partial charge in [-0.1, -0.05) is 29.3 Å². The van der Waals surface area contributed by atoms with Gasteiger partial charge < -0.3 is 10.2 Å². The number of nitrogens with one attached hydrogen (secondary N) is 1. The first-order valence-electron chi connectivity index (χ1n) is 8.96. The van der Waals surface area contributed by atoms with E-state index < -0.39 is 0 Å². The molecule has 0 unspecified atom stereocenters. The lowest BCUT2D eigenvalue weighted by Gasteiger charge is -2.28.